The molecule has 0 N–H and O–H groups in total. The summed E-state index contributed by atoms with van der Waals surface area (Å²) in [5.41, 5.74) is 0. The first-order chi connectivity index (χ1) is 5.11. The van der Waals surface area contributed by atoms with E-state index in [1.807, 2.05) is 6.92 Å². The molecule has 0 aromatic heterocycles. The van der Waals surface area contributed by atoms with E-state index in [-0.39, 0.29) is 17.4 Å². The zero-order valence-corrected chi connectivity index (χ0v) is 7.54. The van der Waals surface area contributed by atoms with Gasteiger partial charge in [-0.3, -0.25) is 10.1 Å². The largest absolute Gasteiger partial charge is 0.265 e. The van der Waals surface area contributed by atoms with Crippen molar-refractivity contribution in [3.63, 3.8) is 0 Å². The molecule has 0 aliphatic heterocycles. The van der Waals surface area contributed by atoms with Crippen LogP contribution in [0.4, 0.5) is 0 Å². The minimum absolute atomic E-state index is 0.130. The maximum Gasteiger partial charge on any atom is 0.206 e. The Morgan fingerprint density at radius 1 is 1.36 bits per heavy atom. The first-order valence-corrected chi connectivity index (χ1v) is 4.23. The van der Waals surface area contributed by atoms with Gasteiger partial charge >= 0.3 is 0 Å². The summed E-state index contributed by atoms with van der Waals surface area (Å²) in [7, 11) is 0. The van der Waals surface area contributed by atoms with E-state index in [4.69, 9.17) is 0 Å². The molecule has 0 fully saturated rings. The second-order valence-electron chi connectivity index (χ2n) is 3.07. The highest BCUT2D eigenvalue weighted by Crippen LogP contribution is 2.18. The Balaban J connectivity index is 3.84. The maximum atomic E-state index is 10.2. The highest BCUT2D eigenvalue weighted by Gasteiger charge is 2.18. The summed E-state index contributed by atoms with van der Waals surface area (Å²) in [6.45, 7) is 6.30. The summed E-state index contributed by atoms with van der Waals surface area (Å²) >= 11 is 0. The first-order valence-electron chi connectivity index (χ1n) is 4.23. The SMILES string of the molecule is CC[C@@H](C[N+](=O)[O-])[C@@H](C)CC. The molecule has 0 amide bonds. The predicted molar refractivity (Wildman–Crippen MR) is 45.1 cm³/mol. The van der Waals surface area contributed by atoms with E-state index in [1.165, 1.54) is 0 Å². The monoisotopic (exact) mass is 159 g/mol. The fourth-order valence-corrected chi connectivity index (χ4v) is 1.24. The van der Waals surface area contributed by atoms with Crippen LogP contribution < -0.4 is 0 Å². The van der Waals surface area contributed by atoms with E-state index in [0.29, 0.717) is 5.92 Å². The fourth-order valence-electron chi connectivity index (χ4n) is 1.24. The van der Waals surface area contributed by atoms with E-state index in [1.54, 1.807) is 0 Å². The van der Waals surface area contributed by atoms with Gasteiger partial charge in [0, 0.05) is 10.8 Å². The summed E-state index contributed by atoms with van der Waals surface area (Å²) in [6, 6.07) is 0. The standard InChI is InChI=1S/C8H17NO2/c1-4-7(3)8(5-2)6-9(10)11/h7-8H,4-6H2,1-3H3/t7-,8-/m0/s1. The lowest BCUT2D eigenvalue weighted by Crippen LogP contribution is -2.20. The van der Waals surface area contributed by atoms with Crippen LogP contribution in [0.25, 0.3) is 0 Å². The summed E-state index contributed by atoms with van der Waals surface area (Å²) in [4.78, 5) is 9.99. The van der Waals surface area contributed by atoms with E-state index in [9.17, 15) is 10.1 Å². The van der Waals surface area contributed by atoms with Gasteiger partial charge < -0.3 is 0 Å². The Morgan fingerprint density at radius 3 is 2.18 bits per heavy atom. The van der Waals surface area contributed by atoms with Crippen LogP contribution in [-0.4, -0.2) is 11.5 Å². The zero-order chi connectivity index (χ0) is 8.85. The van der Waals surface area contributed by atoms with Crippen molar-refractivity contribution in [1.82, 2.24) is 0 Å². The fraction of sp³-hybridized carbons (Fsp3) is 1.00. The summed E-state index contributed by atoms with van der Waals surface area (Å²) in [5, 5.41) is 10.2. The zero-order valence-electron chi connectivity index (χ0n) is 7.54. The highest BCUT2D eigenvalue weighted by molar-refractivity contribution is 4.62. The van der Waals surface area contributed by atoms with Crippen molar-refractivity contribution in [2.24, 2.45) is 11.8 Å². The van der Waals surface area contributed by atoms with E-state index in [2.05, 4.69) is 13.8 Å². The van der Waals surface area contributed by atoms with Crippen LogP contribution >= 0.6 is 0 Å². The molecule has 0 saturated heterocycles. The quantitative estimate of drug-likeness (QED) is 0.456. The van der Waals surface area contributed by atoms with Gasteiger partial charge in [-0.1, -0.05) is 27.2 Å². The Bertz CT molecular complexity index is 125. The third-order valence-corrected chi connectivity index (χ3v) is 2.36. The molecular weight excluding hydrogens is 142 g/mol. The third-order valence-electron chi connectivity index (χ3n) is 2.36. The lowest BCUT2D eigenvalue weighted by Gasteiger charge is -2.16. The summed E-state index contributed by atoms with van der Waals surface area (Å²) in [5.74, 6) is 0.736. The van der Waals surface area contributed by atoms with Crippen molar-refractivity contribution in [1.29, 1.82) is 0 Å². The molecule has 66 valence electrons. The van der Waals surface area contributed by atoms with Crippen LogP contribution in [0.3, 0.4) is 0 Å². The van der Waals surface area contributed by atoms with Crippen molar-refractivity contribution >= 4 is 0 Å². The minimum atomic E-state index is -0.208. The molecule has 0 bridgehead atoms. The molecule has 0 aliphatic rings. The van der Waals surface area contributed by atoms with Crippen molar-refractivity contribution in [3.05, 3.63) is 10.1 Å². The van der Waals surface area contributed by atoms with Crippen LogP contribution in [0.15, 0.2) is 0 Å². The minimum Gasteiger partial charge on any atom is -0.265 e. The molecule has 2 atom stereocenters. The number of hydrogen-bond donors (Lipinski definition) is 0. The van der Waals surface area contributed by atoms with Gasteiger partial charge in [0.25, 0.3) is 0 Å². The molecule has 0 spiro atoms. The van der Waals surface area contributed by atoms with Gasteiger partial charge in [0.1, 0.15) is 0 Å². The summed E-state index contributed by atoms with van der Waals surface area (Å²) < 4.78 is 0. The van der Waals surface area contributed by atoms with Gasteiger partial charge in [-0.05, 0) is 12.3 Å². The normalized spacial score (nSPS) is 15.9. The second kappa shape index (κ2) is 5.10. The van der Waals surface area contributed by atoms with Crippen LogP contribution in [0.1, 0.15) is 33.6 Å². The lowest BCUT2D eigenvalue weighted by atomic mass is 9.90. The molecule has 0 rings (SSSR count). The van der Waals surface area contributed by atoms with Crippen molar-refractivity contribution < 1.29 is 4.92 Å². The number of nitrogens with zero attached hydrogens (tertiary/aromatic N) is 1. The Hall–Kier alpha value is -0.600. The molecule has 11 heavy (non-hydrogen) atoms. The average molecular weight is 159 g/mol. The van der Waals surface area contributed by atoms with Crippen molar-refractivity contribution in [2.75, 3.05) is 6.54 Å². The summed E-state index contributed by atoms with van der Waals surface area (Å²) in [6.07, 6.45) is 1.95. The van der Waals surface area contributed by atoms with E-state index < -0.39 is 0 Å². The topological polar surface area (TPSA) is 43.1 Å². The smallest absolute Gasteiger partial charge is 0.206 e. The van der Waals surface area contributed by atoms with Gasteiger partial charge in [-0.2, -0.15) is 0 Å². The molecule has 0 unspecified atom stereocenters. The molecule has 0 heterocycles. The van der Waals surface area contributed by atoms with E-state index >= 15 is 0 Å². The van der Waals surface area contributed by atoms with Gasteiger partial charge in [0.15, 0.2) is 0 Å². The molecule has 0 aromatic rings. The average Bonchev–Trinajstić information content (AvgIpc) is 1.98. The van der Waals surface area contributed by atoms with Gasteiger partial charge in [0.05, 0.1) is 0 Å². The number of hydrogen-bond acceptors (Lipinski definition) is 2. The van der Waals surface area contributed by atoms with Crippen molar-refractivity contribution in [3.8, 4) is 0 Å². The lowest BCUT2D eigenvalue weighted by molar-refractivity contribution is -0.490. The maximum absolute atomic E-state index is 10.2. The van der Waals surface area contributed by atoms with Crippen LogP contribution in [0.5, 0.6) is 0 Å². The molecule has 0 aromatic carbocycles. The third kappa shape index (κ3) is 3.96. The second-order valence-corrected chi connectivity index (χ2v) is 3.07. The Labute approximate surface area is 67.9 Å². The highest BCUT2D eigenvalue weighted by atomic mass is 16.6. The van der Waals surface area contributed by atoms with Crippen molar-refractivity contribution in [2.45, 2.75) is 33.6 Å². The molecule has 0 radical (unpaired) electrons. The number of nitro groups is 1. The molecular formula is C8H17NO2. The van der Waals surface area contributed by atoms with Crippen LogP contribution in [0, 0.1) is 22.0 Å². The van der Waals surface area contributed by atoms with Crippen LogP contribution in [-0.2, 0) is 0 Å². The van der Waals surface area contributed by atoms with Gasteiger partial charge in [-0.15, -0.1) is 0 Å². The molecule has 3 heteroatoms. The van der Waals surface area contributed by atoms with Crippen LogP contribution in [0.2, 0.25) is 0 Å². The molecule has 0 saturated carbocycles. The first kappa shape index (κ1) is 10.4. The predicted octanol–water partition coefficient (Wildman–Crippen LogP) is 2.34. The van der Waals surface area contributed by atoms with Gasteiger partial charge in [0.2, 0.25) is 6.54 Å². The molecule has 3 nitrogen and oxygen atoms in total. The van der Waals surface area contributed by atoms with E-state index in [0.717, 1.165) is 12.8 Å². The van der Waals surface area contributed by atoms with Gasteiger partial charge in [-0.25, -0.2) is 0 Å². The Kier molecular flexibility index (Phi) is 4.83. The Morgan fingerprint density at radius 2 is 1.91 bits per heavy atom. The number of rotatable bonds is 5. The molecule has 0 aliphatic carbocycles.